The summed E-state index contributed by atoms with van der Waals surface area (Å²) >= 11 is 11.5. The minimum absolute atomic E-state index is 0. The fraction of sp³-hybridized carbons (Fsp3) is 0.125. The molecule has 0 spiro atoms. The van der Waals surface area contributed by atoms with Crippen LogP contribution in [0, 0.1) is 0 Å². The summed E-state index contributed by atoms with van der Waals surface area (Å²) < 4.78 is 0. The summed E-state index contributed by atoms with van der Waals surface area (Å²) in [5.41, 5.74) is 10.3. The standard InChI is InChI=1S/C16H15ClN4O4.C8H7ClN3O2.C8H9NO2.Cr/c1-8(22)18-10-3-4-15(24)13(6-10)20-21-14-7-11(19-9(2)23)5-12(17)16(14)25;1-4(13)11-5-2-6(9)8(14)7(3-5)12-10;1-6(10)9-7-2-4-8(11)5-3-7;/h3-7,24-25H,1-2H3,(H,18,22)(H,19,23);2-3,14H,1H3,(H,11,13);2-5,11H,1H3,(H,9,10);/q;-1;;. The van der Waals surface area contributed by atoms with Crippen molar-refractivity contribution in [3.8, 4) is 23.0 Å². The topological polar surface area (TPSA) is 257 Å². The smallest absolute Gasteiger partial charge is 0.221 e. The molecule has 0 aliphatic carbocycles. The van der Waals surface area contributed by atoms with Crippen LogP contribution in [0.3, 0.4) is 0 Å². The van der Waals surface area contributed by atoms with E-state index in [1.165, 1.54) is 82.3 Å². The summed E-state index contributed by atoms with van der Waals surface area (Å²) in [6, 6.07) is 16.0. The van der Waals surface area contributed by atoms with E-state index in [1.807, 2.05) is 0 Å². The number of carbonyl (C=O) groups is 4. The van der Waals surface area contributed by atoms with E-state index in [2.05, 4.69) is 36.6 Å². The third kappa shape index (κ3) is 15.1. The Morgan fingerprint density at radius 1 is 0.549 bits per heavy atom. The molecule has 0 aliphatic rings. The van der Waals surface area contributed by atoms with Gasteiger partial charge in [0.05, 0.1) is 15.7 Å². The van der Waals surface area contributed by atoms with Gasteiger partial charge in [0.2, 0.25) is 23.6 Å². The number of amides is 4. The first-order chi connectivity index (χ1) is 23.5. The summed E-state index contributed by atoms with van der Waals surface area (Å²) in [5, 5.41) is 58.5. The first-order valence-electron chi connectivity index (χ1n) is 14.0. The molecule has 0 aliphatic heterocycles. The van der Waals surface area contributed by atoms with E-state index in [0.717, 1.165) is 0 Å². The number of nitrogens with one attached hydrogen (secondary N) is 4. The van der Waals surface area contributed by atoms with Crippen LogP contribution in [-0.2, 0) is 36.5 Å². The van der Waals surface area contributed by atoms with E-state index in [9.17, 15) is 34.5 Å². The second-order valence-corrected chi connectivity index (χ2v) is 10.7. The monoisotopic (exact) mass is 777 g/mol. The number of anilines is 4. The van der Waals surface area contributed by atoms with Crippen LogP contribution in [0.4, 0.5) is 39.8 Å². The summed E-state index contributed by atoms with van der Waals surface area (Å²) in [4.78, 5) is 43.4. The summed E-state index contributed by atoms with van der Waals surface area (Å²) in [6.45, 7) is 5.44. The quantitative estimate of drug-likeness (QED) is 0.0670. The minimum Gasteiger partial charge on any atom is -0.706 e. The van der Waals surface area contributed by atoms with Crippen molar-refractivity contribution in [1.82, 2.24) is 0 Å². The molecule has 0 atom stereocenters. The first kappa shape index (κ1) is 43.3. The molecule has 51 heavy (non-hydrogen) atoms. The van der Waals surface area contributed by atoms with Crippen molar-refractivity contribution in [2.75, 3.05) is 21.3 Å². The molecular weight excluding hydrogens is 747 g/mol. The number of phenols is 4. The van der Waals surface area contributed by atoms with Crippen LogP contribution < -0.4 is 21.3 Å². The summed E-state index contributed by atoms with van der Waals surface area (Å²) in [7, 11) is 0. The predicted molar refractivity (Wildman–Crippen MR) is 189 cm³/mol. The second-order valence-electron chi connectivity index (χ2n) is 9.93. The van der Waals surface area contributed by atoms with Crippen LogP contribution in [0.15, 0.2) is 82.1 Å². The molecule has 8 N–H and O–H groups in total. The molecule has 4 aromatic carbocycles. The molecular formula is C32H31Cl2CrN8O8-. The van der Waals surface area contributed by atoms with Gasteiger partial charge in [0.15, 0.2) is 11.5 Å². The van der Waals surface area contributed by atoms with E-state index in [0.29, 0.717) is 22.7 Å². The van der Waals surface area contributed by atoms with Crippen LogP contribution in [-0.4, -0.2) is 44.1 Å². The van der Waals surface area contributed by atoms with Crippen molar-refractivity contribution in [3.05, 3.63) is 82.3 Å². The second kappa shape index (κ2) is 20.7. The minimum atomic E-state index is -0.330. The van der Waals surface area contributed by atoms with Gasteiger partial charge in [-0.2, -0.15) is 0 Å². The van der Waals surface area contributed by atoms with Crippen molar-refractivity contribution in [1.29, 1.82) is 0 Å². The number of aromatic hydroxyl groups is 4. The molecule has 0 bridgehead atoms. The zero-order chi connectivity index (χ0) is 37.5. The maximum Gasteiger partial charge on any atom is 0.221 e. The van der Waals surface area contributed by atoms with Gasteiger partial charge in [0, 0.05) is 67.8 Å². The molecule has 0 aromatic heterocycles. The van der Waals surface area contributed by atoms with Gasteiger partial charge in [0.1, 0.15) is 22.9 Å². The maximum atomic E-state index is 11.1. The van der Waals surface area contributed by atoms with E-state index in [4.69, 9.17) is 33.8 Å². The van der Waals surface area contributed by atoms with Crippen molar-refractivity contribution in [3.63, 3.8) is 0 Å². The van der Waals surface area contributed by atoms with Crippen molar-refractivity contribution in [2.45, 2.75) is 27.7 Å². The Bertz CT molecular complexity index is 1930. The molecule has 19 heteroatoms. The van der Waals surface area contributed by atoms with Crippen LogP contribution in [0.25, 0.3) is 5.53 Å². The Kier molecular flexibility index (Phi) is 17.6. The number of azo groups is 1. The van der Waals surface area contributed by atoms with Crippen molar-refractivity contribution >= 4 is 86.6 Å². The number of phenolic OH excluding ortho intramolecular Hbond substituents is 4. The summed E-state index contributed by atoms with van der Waals surface area (Å²) in [6.07, 6.45) is 0. The van der Waals surface area contributed by atoms with Gasteiger partial charge in [-0.3, -0.25) is 19.2 Å². The van der Waals surface area contributed by atoms with Crippen LogP contribution in [0.2, 0.25) is 10.0 Å². The number of nitrogens with zero attached hydrogens (tertiary/aromatic N) is 4. The predicted octanol–water partition coefficient (Wildman–Crippen LogP) is 8.09. The Balaban J connectivity index is 0.000000422. The first-order valence-corrected chi connectivity index (χ1v) is 14.8. The molecule has 0 unspecified atom stereocenters. The molecule has 4 aromatic rings. The Morgan fingerprint density at radius 3 is 1.39 bits per heavy atom. The molecule has 4 amide bonds. The third-order valence-electron chi connectivity index (χ3n) is 5.58. The normalized spacial score (nSPS) is 9.84. The van der Waals surface area contributed by atoms with Crippen LogP contribution in [0.1, 0.15) is 27.7 Å². The largest absolute Gasteiger partial charge is 0.706 e. The zero-order valence-corrected chi connectivity index (χ0v) is 30.0. The van der Waals surface area contributed by atoms with Gasteiger partial charge in [0.25, 0.3) is 0 Å². The molecule has 0 fully saturated rings. The fourth-order valence-corrected chi connectivity index (χ4v) is 4.04. The van der Waals surface area contributed by atoms with Gasteiger partial charge in [-0.05, 0) is 66.7 Å². The fourth-order valence-electron chi connectivity index (χ4n) is 3.61. The maximum absolute atomic E-state index is 11.1. The van der Waals surface area contributed by atoms with Crippen molar-refractivity contribution < 1.29 is 57.0 Å². The van der Waals surface area contributed by atoms with Gasteiger partial charge in [-0.15, -0.1) is 10.2 Å². The van der Waals surface area contributed by atoms with Crippen molar-refractivity contribution in [2.24, 2.45) is 15.3 Å². The SMILES string of the molecule is CC(=O)Nc1cc(Cl)c(O)c(N=[N-])c1.CC(=O)Nc1ccc(O)c(N=Nc2cc(NC(C)=O)cc(Cl)c2O)c1.CC(=O)Nc1ccc(O)cc1.[Cr]. The van der Waals surface area contributed by atoms with E-state index in [-0.39, 0.29) is 91.1 Å². The van der Waals surface area contributed by atoms with Gasteiger partial charge >= 0.3 is 0 Å². The number of hydrogen-bond donors (Lipinski definition) is 8. The third-order valence-corrected chi connectivity index (χ3v) is 6.16. The Morgan fingerprint density at radius 2 is 0.922 bits per heavy atom. The number of hydrogen-bond acceptors (Lipinski definition) is 11. The van der Waals surface area contributed by atoms with E-state index in [1.54, 1.807) is 12.1 Å². The van der Waals surface area contributed by atoms with Crippen LogP contribution in [0.5, 0.6) is 23.0 Å². The molecule has 0 saturated carbocycles. The average Bonchev–Trinajstić information content (AvgIpc) is 3.02. The molecule has 0 radical (unpaired) electrons. The molecule has 0 saturated heterocycles. The average molecular weight is 779 g/mol. The Hall–Kier alpha value is -5.73. The number of halogens is 2. The number of rotatable bonds is 7. The van der Waals surface area contributed by atoms with E-state index < -0.39 is 0 Å². The Labute approximate surface area is 312 Å². The van der Waals surface area contributed by atoms with Crippen LogP contribution >= 0.6 is 23.2 Å². The van der Waals surface area contributed by atoms with E-state index >= 15 is 0 Å². The zero-order valence-electron chi connectivity index (χ0n) is 27.2. The molecule has 16 nitrogen and oxygen atoms in total. The molecule has 268 valence electrons. The number of benzene rings is 4. The van der Waals surface area contributed by atoms with Gasteiger partial charge < -0.3 is 52.3 Å². The molecule has 4 rings (SSSR count). The molecule has 0 heterocycles. The number of carbonyl (C=O) groups excluding carboxylic acids is 4. The van der Waals surface area contributed by atoms with Gasteiger partial charge in [-0.25, -0.2) is 0 Å². The van der Waals surface area contributed by atoms with Gasteiger partial charge in [-0.1, -0.05) is 23.2 Å². The summed E-state index contributed by atoms with van der Waals surface area (Å²) in [5.74, 6) is -1.61.